The van der Waals surface area contributed by atoms with Crippen LogP contribution in [0.1, 0.15) is 39.2 Å². The minimum Gasteiger partial charge on any atom is -0.460 e. The summed E-state index contributed by atoms with van der Waals surface area (Å²) in [5, 5.41) is 0. The van der Waals surface area contributed by atoms with Crippen molar-refractivity contribution in [3.63, 3.8) is 0 Å². The van der Waals surface area contributed by atoms with Crippen LogP contribution in [0.5, 0.6) is 0 Å². The van der Waals surface area contributed by atoms with Crippen molar-refractivity contribution in [3.05, 3.63) is 28.2 Å². The standard InChI is InChI=1S/C15H21BrO4S/c1-11-12(16)7-5-8-13(11)21(18,19)10-6-9-14(17)20-15(2,3)4/h5,7-8H,6,9-10H2,1-4H3. The first-order chi connectivity index (χ1) is 9.53. The molecular weight excluding hydrogens is 356 g/mol. The molecule has 118 valence electrons. The number of hydrogen-bond donors (Lipinski definition) is 0. The Kier molecular flexibility index (Phi) is 5.99. The van der Waals surface area contributed by atoms with E-state index in [0.29, 0.717) is 10.5 Å². The summed E-state index contributed by atoms with van der Waals surface area (Å²) in [5.74, 6) is -0.438. The zero-order chi connectivity index (χ0) is 16.3. The molecule has 0 spiro atoms. The molecule has 4 nitrogen and oxygen atoms in total. The largest absolute Gasteiger partial charge is 0.460 e. The van der Waals surface area contributed by atoms with Crippen LogP contribution in [-0.2, 0) is 19.4 Å². The monoisotopic (exact) mass is 376 g/mol. The summed E-state index contributed by atoms with van der Waals surface area (Å²) < 4.78 is 30.5. The number of hydrogen-bond acceptors (Lipinski definition) is 4. The topological polar surface area (TPSA) is 60.4 Å². The van der Waals surface area contributed by atoms with E-state index in [1.807, 2.05) is 0 Å². The molecule has 0 radical (unpaired) electrons. The lowest BCUT2D eigenvalue weighted by Gasteiger charge is -2.19. The minimum absolute atomic E-state index is 0.0659. The number of rotatable bonds is 5. The average molecular weight is 377 g/mol. The summed E-state index contributed by atoms with van der Waals surface area (Å²) >= 11 is 3.32. The van der Waals surface area contributed by atoms with Crippen molar-refractivity contribution < 1.29 is 17.9 Å². The van der Waals surface area contributed by atoms with Gasteiger partial charge < -0.3 is 4.74 Å². The first-order valence-electron chi connectivity index (χ1n) is 6.73. The third kappa shape index (κ3) is 5.79. The maximum atomic E-state index is 12.3. The van der Waals surface area contributed by atoms with E-state index in [-0.39, 0.29) is 24.6 Å². The molecule has 0 fully saturated rings. The van der Waals surface area contributed by atoms with Crippen molar-refractivity contribution in [2.75, 3.05) is 5.75 Å². The molecule has 0 saturated heterocycles. The summed E-state index contributed by atoms with van der Waals surface area (Å²) in [4.78, 5) is 11.9. The molecule has 0 saturated carbocycles. The fourth-order valence-electron chi connectivity index (χ4n) is 1.83. The third-order valence-corrected chi connectivity index (χ3v) is 5.56. The number of halogens is 1. The van der Waals surface area contributed by atoms with Gasteiger partial charge in [0.05, 0.1) is 10.6 Å². The second-order valence-electron chi connectivity index (χ2n) is 5.87. The molecule has 1 rings (SSSR count). The van der Waals surface area contributed by atoms with Crippen LogP contribution in [0.25, 0.3) is 0 Å². The summed E-state index contributed by atoms with van der Waals surface area (Å²) in [5.41, 5.74) is 0.145. The lowest BCUT2D eigenvalue weighted by atomic mass is 10.2. The lowest BCUT2D eigenvalue weighted by molar-refractivity contribution is -0.154. The Labute approximate surface area is 134 Å². The Morgan fingerprint density at radius 3 is 2.48 bits per heavy atom. The van der Waals surface area contributed by atoms with Crippen LogP contribution in [0.15, 0.2) is 27.6 Å². The molecule has 0 N–H and O–H groups in total. The van der Waals surface area contributed by atoms with E-state index in [1.54, 1.807) is 45.9 Å². The smallest absolute Gasteiger partial charge is 0.306 e. The molecule has 0 heterocycles. The Hall–Kier alpha value is -0.880. The van der Waals surface area contributed by atoms with Crippen molar-refractivity contribution in [2.24, 2.45) is 0 Å². The molecule has 0 atom stereocenters. The maximum absolute atomic E-state index is 12.3. The number of benzene rings is 1. The van der Waals surface area contributed by atoms with E-state index in [4.69, 9.17) is 4.74 Å². The van der Waals surface area contributed by atoms with Gasteiger partial charge in [-0.2, -0.15) is 0 Å². The summed E-state index contributed by atoms with van der Waals surface area (Å²) in [6, 6.07) is 5.08. The van der Waals surface area contributed by atoms with E-state index in [2.05, 4.69) is 15.9 Å². The molecule has 6 heteroatoms. The summed E-state index contributed by atoms with van der Waals surface area (Å²) in [6.45, 7) is 7.11. The molecule has 0 aliphatic carbocycles. The third-order valence-electron chi connectivity index (χ3n) is 2.77. The van der Waals surface area contributed by atoms with Crippen molar-refractivity contribution in [3.8, 4) is 0 Å². The normalized spacial score (nSPS) is 12.2. The van der Waals surface area contributed by atoms with Gasteiger partial charge in [-0.05, 0) is 51.8 Å². The number of sulfone groups is 1. The highest BCUT2D eigenvalue weighted by Crippen LogP contribution is 2.24. The fourth-order valence-corrected chi connectivity index (χ4v) is 3.94. The molecule has 1 aromatic carbocycles. The van der Waals surface area contributed by atoms with Crippen LogP contribution < -0.4 is 0 Å². The van der Waals surface area contributed by atoms with Crippen LogP contribution in [0.4, 0.5) is 0 Å². The number of carbonyl (C=O) groups excluding carboxylic acids is 1. The van der Waals surface area contributed by atoms with E-state index < -0.39 is 15.4 Å². The number of carbonyl (C=O) groups is 1. The van der Waals surface area contributed by atoms with Gasteiger partial charge in [0.2, 0.25) is 0 Å². The summed E-state index contributed by atoms with van der Waals surface area (Å²) in [6.07, 6.45) is 0.354. The molecule has 0 amide bonds. The minimum atomic E-state index is -3.39. The van der Waals surface area contributed by atoms with Crippen molar-refractivity contribution >= 4 is 31.7 Å². The van der Waals surface area contributed by atoms with Crippen molar-refractivity contribution in [1.82, 2.24) is 0 Å². The van der Waals surface area contributed by atoms with Crippen molar-refractivity contribution in [1.29, 1.82) is 0 Å². The van der Waals surface area contributed by atoms with Gasteiger partial charge in [0.15, 0.2) is 9.84 Å². The van der Waals surface area contributed by atoms with Crippen LogP contribution in [0.2, 0.25) is 0 Å². The first-order valence-corrected chi connectivity index (χ1v) is 9.17. The second kappa shape index (κ2) is 6.92. The van der Waals surface area contributed by atoms with Crippen LogP contribution in [0, 0.1) is 6.92 Å². The highest BCUT2D eigenvalue weighted by atomic mass is 79.9. The van der Waals surface area contributed by atoms with Gasteiger partial charge in [0.1, 0.15) is 5.60 Å². The fraction of sp³-hybridized carbons (Fsp3) is 0.533. The van der Waals surface area contributed by atoms with Gasteiger partial charge in [-0.25, -0.2) is 8.42 Å². The van der Waals surface area contributed by atoms with Gasteiger partial charge in [-0.15, -0.1) is 0 Å². The Morgan fingerprint density at radius 2 is 1.90 bits per heavy atom. The molecule has 0 aliphatic heterocycles. The SMILES string of the molecule is Cc1c(Br)cccc1S(=O)(=O)CCCC(=O)OC(C)(C)C. The average Bonchev–Trinajstić information content (AvgIpc) is 2.29. The summed E-state index contributed by atoms with van der Waals surface area (Å²) in [7, 11) is -3.39. The molecular formula is C15H21BrO4S. The quantitative estimate of drug-likeness (QED) is 0.735. The van der Waals surface area contributed by atoms with E-state index in [1.165, 1.54) is 0 Å². The van der Waals surface area contributed by atoms with Gasteiger partial charge in [0, 0.05) is 10.9 Å². The lowest BCUT2D eigenvalue weighted by Crippen LogP contribution is -2.24. The predicted octanol–water partition coefficient (Wildman–Crippen LogP) is 3.65. The number of esters is 1. The second-order valence-corrected chi connectivity index (χ2v) is 8.80. The van der Waals surface area contributed by atoms with E-state index >= 15 is 0 Å². The molecule has 0 bridgehead atoms. The van der Waals surface area contributed by atoms with Gasteiger partial charge in [0.25, 0.3) is 0 Å². The molecule has 0 unspecified atom stereocenters. The first kappa shape index (κ1) is 18.2. The van der Waals surface area contributed by atoms with E-state index in [9.17, 15) is 13.2 Å². The molecule has 0 aliphatic rings. The highest BCUT2D eigenvalue weighted by molar-refractivity contribution is 9.10. The van der Waals surface area contributed by atoms with Crippen LogP contribution in [0.3, 0.4) is 0 Å². The Morgan fingerprint density at radius 1 is 1.29 bits per heavy atom. The van der Waals surface area contributed by atoms with Gasteiger partial charge in [-0.3, -0.25) is 4.79 Å². The van der Waals surface area contributed by atoms with Crippen molar-refractivity contribution in [2.45, 2.75) is 51.0 Å². The highest BCUT2D eigenvalue weighted by Gasteiger charge is 2.20. The van der Waals surface area contributed by atoms with Gasteiger partial charge in [-0.1, -0.05) is 22.0 Å². The predicted molar refractivity (Wildman–Crippen MR) is 86.0 cm³/mol. The van der Waals surface area contributed by atoms with Gasteiger partial charge >= 0.3 is 5.97 Å². The Balaban J connectivity index is 2.66. The molecule has 0 aromatic heterocycles. The Bertz CT molecular complexity index is 615. The zero-order valence-corrected chi connectivity index (χ0v) is 15.2. The zero-order valence-electron chi connectivity index (χ0n) is 12.8. The van der Waals surface area contributed by atoms with Crippen LogP contribution >= 0.6 is 15.9 Å². The van der Waals surface area contributed by atoms with Crippen LogP contribution in [-0.4, -0.2) is 25.7 Å². The molecule has 21 heavy (non-hydrogen) atoms. The maximum Gasteiger partial charge on any atom is 0.306 e. The molecule has 1 aromatic rings. The van der Waals surface area contributed by atoms with E-state index in [0.717, 1.165) is 4.47 Å². The number of ether oxygens (including phenoxy) is 1.